The zero-order valence-corrected chi connectivity index (χ0v) is 17.9. The Morgan fingerprint density at radius 1 is 0.828 bits per heavy atom. The van der Waals surface area contributed by atoms with Gasteiger partial charge in [-0.05, 0) is 84.9 Å². The molecule has 2 fully saturated rings. The zero-order valence-electron chi connectivity index (χ0n) is 17.9. The highest BCUT2D eigenvalue weighted by Crippen LogP contribution is 2.48. The summed E-state index contributed by atoms with van der Waals surface area (Å²) >= 11 is 0. The molecule has 2 aromatic carbocycles. The Hall–Kier alpha value is -1.44. The molecule has 0 saturated heterocycles. The second kappa shape index (κ2) is 9.58. The average molecular weight is 399 g/mol. The minimum absolute atomic E-state index is 0.272. The molecule has 4 rings (SSSR count). The topological polar surface area (TPSA) is 0 Å². The fourth-order valence-corrected chi connectivity index (χ4v) is 6.13. The van der Waals surface area contributed by atoms with Gasteiger partial charge in [-0.3, -0.25) is 0 Å². The summed E-state index contributed by atoms with van der Waals surface area (Å²) < 4.78 is 28.0. The molecule has 2 aromatic rings. The van der Waals surface area contributed by atoms with E-state index in [2.05, 4.69) is 13.0 Å². The summed E-state index contributed by atoms with van der Waals surface area (Å²) in [5.41, 5.74) is 1.12. The molecule has 29 heavy (non-hydrogen) atoms. The van der Waals surface area contributed by atoms with Crippen molar-refractivity contribution in [3.8, 4) is 0 Å². The predicted molar refractivity (Wildman–Crippen MR) is 118 cm³/mol. The van der Waals surface area contributed by atoms with E-state index in [1.54, 1.807) is 12.1 Å². The van der Waals surface area contributed by atoms with Crippen LogP contribution in [0.2, 0.25) is 0 Å². The third-order valence-electron chi connectivity index (χ3n) is 7.80. The molecule has 0 aliphatic heterocycles. The quantitative estimate of drug-likeness (QED) is 0.409. The van der Waals surface area contributed by atoms with Gasteiger partial charge in [-0.2, -0.15) is 0 Å². The SMILES string of the molecule is CCCCCCCC1CCC2CC(c3cc(F)c4cc(F)ccc4c3)CCC2C1. The van der Waals surface area contributed by atoms with Crippen LogP contribution in [0.15, 0.2) is 30.3 Å². The zero-order chi connectivity index (χ0) is 20.2. The molecule has 158 valence electrons. The number of fused-ring (bicyclic) bond motifs is 2. The lowest BCUT2D eigenvalue weighted by atomic mass is 9.63. The normalized spacial score (nSPS) is 27.1. The molecule has 0 bridgehead atoms. The molecular weight excluding hydrogens is 362 g/mol. The Balaban J connectivity index is 1.34. The number of hydrogen-bond donors (Lipinski definition) is 0. The molecule has 4 unspecified atom stereocenters. The Bertz CT molecular complexity index is 812. The summed E-state index contributed by atoms with van der Waals surface area (Å²) in [5, 5.41) is 1.23. The summed E-state index contributed by atoms with van der Waals surface area (Å²) in [6.45, 7) is 2.28. The van der Waals surface area contributed by atoms with E-state index in [1.165, 1.54) is 89.2 Å². The third-order valence-corrected chi connectivity index (χ3v) is 7.80. The molecule has 2 heteroatoms. The summed E-state index contributed by atoms with van der Waals surface area (Å²) in [6.07, 6.45) is 16.3. The van der Waals surface area contributed by atoms with E-state index in [-0.39, 0.29) is 11.6 Å². The highest BCUT2D eigenvalue weighted by molar-refractivity contribution is 5.84. The molecule has 2 aliphatic carbocycles. The van der Waals surface area contributed by atoms with E-state index in [9.17, 15) is 8.78 Å². The van der Waals surface area contributed by atoms with Crippen molar-refractivity contribution in [1.82, 2.24) is 0 Å². The second-order valence-electron chi connectivity index (χ2n) is 9.78. The van der Waals surface area contributed by atoms with Crippen molar-refractivity contribution in [3.63, 3.8) is 0 Å². The minimum atomic E-state index is -0.369. The van der Waals surface area contributed by atoms with Gasteiger partial charge >= 0.3 is 0 Å². The standard InChI is InChI=1S/C27H36F2/c1-2-3-4-5-6-7-19-8-9-21-15-22(11-10-20(21)14-19)24-16-23-12-13-25(28)18-26(23)27(29)17-24/h12-13,16-22H,2-11,14-15H2,1H3. The van der Waals surface area contributed by atoms with E-state index in [0.29, 0.717) is 11.3 Å². The summed E-state index contributed by atoms with van der Waals surface area (Å²) in [6, 6.07) is 8.24. The molecule has 2 saturated carbocycles. The maximum Gasteiger partial charge on any atom is 0.131 e. The van der Waals surface area contributed by atoms with Crippen molar-refractivity contribution < 1.29 is 8.78 Å². The molecule has 0 spiro atoms. The number of halogens is 2. The van der Waals surface area contributed by atoms with Crippen LogP contribution in [-0.4, -0.2) is 0 Å². The van der Waals surface area contributed by atoms with Gasteiger partial charge in [0.1, 0.15) is 11.6 Å². The molecule has 0 radical (unpaired) electrons. The van der Waals surface area contributed by atoms with Crippen LogP contribution < -0.4 is 0 Å². The van der Waals surface area contributed by atoms with Gasteiger partial charge in [0.25, 0.3) is 0 Å². The molecule has 0 N–H and O–H groups in total. The first-order valence-electron chi connectivity index (χ1n) is 12.0. The van der Waals surface area contributed by atoms with Crippen LogP contribution >= 0.6 is 0 Å². The van der Waals surface area contributed by atoms with Crippen molar-refractivity contribution in [2.45, 2.75) is 89.9 Å². The fraction of sp³-hybridized carbons (Fsp3) is 0.630. The summed E-state index contributed by atoms with van der Waals surface area (Å²) in [7, 11) is 0. The van der Waals surface area contributed by atoms with Crippen molar-refractivity contribution >= 4 is 10.8 Å². The van der Waals surface area contributed by atoms with Gasteiger partial charge in [0, 0.05) is 5.39 Å². The Morgan fingerprint density at radius 2 is 1.62 bits per heavy atom. The summed E-state index contributed by atoms with van der Waals surface area (Å²) in [4.78, 5) is 0. The lowest BCUT2D eigenvalue weighted by Gasteiger charge is -2.42. The van der Waals surface area contributed by atoms with Gasteiger partial charge in [-0.25, -0.2) is 8.78 Å². The van der Waals surface area contributed by atoms with E-state index in [4.69, 9.17) is 0 Å². The monoisotopic (exact) mass is 398 g/mol. The number of rotatable bonds is 7. The molecule has 2 aliphatic rings. The molecule has 4 atom stereocenters. The minimum Gasteiger partial charge on any atom is -0.207 e. The first kappa shape index (κ1) is 20.8. The predicted octanol–water partition coefficient (Wildman–Crippen LogP) is 8.78. The smallest absolute Gasteiger partial charge is 0.131 e. The van der Waals surface area contributed by atoms with E-state index in [1.807, 2.05) is 0 Å². The lowest BCUT2D eigenvalue weighted by molar-refractivity contribution is 0.113. The van der Waals surface area contributed by atoms with Crippen molar-refractivity contribution in [1.29, 1.82) is 0 Å². The van der Waals surface area contributed by atoms with E-state index in [0.717, 1.165) is 28.7 Å². The maximum atomic E-state index is 14.6. The highest BCUT2D eigenvalue weighted by atomic mass is 19.1. The van der Waals surface area contributed by atoms with Crippen LogP contribution in [0.1, 0.15) is 95.5 Å². The van der Waals surface area contributed by atoms with Gasteiger partial charge in [0.2, 0.25) is 0 Å². The average Bonchev–Trinajstić information content (AvgIpc) is 2.73. The van der Waals surface area contributed by atoms with Crippen LogP contribution in [0.5, 0.6) is 0 Å². The number of hydrogen-bond acceptors (Lipinski definition) is 0. The van der Waals surface area contributed by atoms with Crippen LogP contribution in [0.3, 0.4) is 0 Å². The molecule has 0 heterocycles. The van der Waals surface area contributed by atoms with Crippen LogP contribution in [0.25, 0.3) is 10.8 Å². The van der Waals surface area contributed by atoms with Gasteiger partial charge < -0.3 is 0 Å². The van der Waals surface area contributed by atoms with Crippen molar-refractivity contribution in [2.24, 2.45) is 17.8 Å². The number of unbranched alkanes of at least 4 members (excludes halogenated alkanes) is 4. The fourth-order valence-electron chi connectivity index (χ4n) is 6.13. The third kappa shape index (κ3) is 5.01. The second-order valence-corrected chi connectivity index (χ2v) is 9.78. The van der Waals surface area contributed by atoms with Gasteiger partial charge in [0.15, 0.2) is 0 Å². The van der Waals surface area contributed by atoms with E-state index >= 15 is 0 Å². The van der Waals surface area contributed by atoms with E-state index < -0.39 is 0 Å². The number of benzene rings is 2. The van der Waals surface area contributed by atoms with Crippen molar-refractivity contribution in [3.05, 3.63) is 47.5 Å². The molecule has 0 nitrogen and oxygen atoms in total. The van der Waals surface area contributed by atoms with Crippen molar-refractivity contribution in [2.75, 3.05) is 0 Å². The van der Waals surface area contributed by atoms with Crippen LogP contribution in [0, 0.1) is 29.4 Å². The molecule has 0 amide bonds. The first-order chi connectivity index (χ1) is 14.1. The van der Waals surface area contributed by atoms with Gasteiger partial charge in [0.05, 0.1) is 0 Å². The molecular formula is C27H36F2. The first-order valence-corrected chi connectivity index (χ1v) is 12.0. The lowest BCUT2D eigenvalue weighted by Crippen LogP contribution is -2.30. The van der Waals surface area contributed by atoms with Gasteiger partial charge in [-0.1, -0.05) is 64.0 Å². The summed E-state index contributed by atoms with van der Waals surface area (Å²) in [5.74, 6) is 2.48. The maximum absolute atomic E-state index is 14.6. The van der Waals surface area contributed by atoms with Crippen LogP contribution in [-0.2, 0) is 0 Å². The Kier molecular flexibility index (Phi) is 6.88. The Labute approximate surface area is 175 Å². The van der Waals surface area contributed by atoms with Gasteiger partial charge in [-0.15, -0.1) is 0 Å². The largest absolute Gasteiger partial charge is 0.207 e. The molecule has 0 aromatic heterocycles. The Morgan fingerprint density at radius 3 is 2.48 bits per heavy atom. The van der Waals surface area contributed by atoms with Crippen LogP contribution in [0.4, 0.5) is 8.78 Å². The highest BCUT2D eigenvalue weighted by Gasteiger charge is 2.36.